The molecule has 0 saturated carbocycles. The smallest absolute Gasteiger partial charge is 0.255 e. The highest BCUT2D eigenvalue weighted by Crippen LogP contribution is 2.19. The van der Waals surface area contributed by atoms with Crippen LogP contribution >= 0.6 is 27.5 Å². The van der Waals surface area contributed by atoms with E-state index >= 15 is 0 Å². The van der Waals surface area contributed by atoms with Gasteiger partial charge in [-0.1, -0.05) is 41.4 Å². The fraction of sp³-hybridized carbons (Fsp3) is 0.538. The second-order valence-corrected chi connectivity index (χ2v) is 5.21. The van der Waals surface area contributed by atoms with Gasteiger partial charge in [0.1, 0.15) is 0 Å². The Bertz CT molecular complexity index is 396. The van der Waals surface area contributed by atoms with Crippen LogP contribution in [0.5, 0.6) is 0 Å². The molecule has 1 amide bonds. The van der Waals surface area contributed by atoms with Gasteiger partial charge in [0.15, 0.2) is 0 Å². The van der Waals surface area contributed by atoms with Crippen LogP contribution < -0.4 is 0 Å². The summed E-state index contributed by atoms with van der Waals surface area (Å²) < 4.78 is 0. The Morgan fingerprint density at radius 1 is 1.50 bits per heavy atom. The van der Waals surface area contributed by atoms with Crippen LogP contribution in [0.3, 0.4) is 0 Å². The lowest BCUT2D eigenvalue weighted by molar-refractivity contribution is 0.0683. The number of nitrogens with zero attached hydrogens (tertiary/aromatic N) is 2. The van der Waals surface area contributed by atoms with Crippen molar-refractivity contribution >= 4 is 33.4 Å². The van der Waals surface area contributed by atoms with Crippen molar-refractivity contribution in [3.8, 4) is 0 Å². The summed E-state index contributed by atoms with van der Waals surface area (Å²) in [6, 6.07) is 1.92. The molecule has 18 heavy (non-hydrogen) atoms. The highest BCUT2D eigenvalue weighted by Gasteiger charge is 2.23. The minimum Gasteiger partial charge on any atom is -0.335 e. The van der Waals surface area contributed by atoms with Gasteiger partial charge < -0.3 is 4.90 Å². The third kappa shape index (κ3) is 3.69. The molecular weight excluding hydrogens is 316 g/mol. The Morgan fingerprint density at radius 2 is 2.17 bits per heavy atom. The molecule has 1 aromatic heterocycles. The van der Waals surface area contributed by atoms with Crippen LogP contribution in [0, 0.1) is 0 Å². The molecule has 0 atom stereocenters. The van der Waals surface area contributed by atoms with Gasteiger partial charge in [-0.25, -0.2) is 0 Å². The van der Waals surface area contributed by atoms with Crippen molar-refractivity contribution in [2.24, 2.45) is 0 Å². The minimum atomic E-state index is -0.0180. The summed E-state index contributed by atoms with van der Waals surface area (Å²) in [5.41, 5.74) is 0.527. The summed E-state index contributed by atoms with van der Waals surface area (Å²) >= 11 is 9.43. The van der Waals surface area contributed by atoms with E-state index < -0.39 is 0 Å². The number of alkyl halides is 1. The number of carbonyl (C=O) groups excluding carboxylic acids is 1. The summed E-state index contributed by atoms with van der Waals surface area (Å²) in [5, 5.41) is 1.17. The van der Waals surface area contributed by atoms with E-state index in [1.807, 2.05) is 4.90 Å². The van der Waals surface area contributed by atoms with Gasteiger partial charge in [0.25, 0.3) is 5.91 Å². The van der Waals surface area contributed by atoms with Crippen LogP contribution in [-0.4, -0.2) is 33.7 Å². The van der Waals surface area contributed by atoms with Gasteiger partial charge in [0.05, 0.1) is 10.6 Å². The average molecular weight is 334 g/mol. The van der Waals surface area contributed by atoms with Gasteiger partial charge in [-0.15, -0.1) is 0 Å². The molecule has 1 rings (SSSR count). The van der Waals surface area contributed by atoms with Gasteiger partial charge in [-0.05, 0) is 18.9 Å². The molecule has 1 heterocycles. The zero-order valence-electron chi connectivity index (χ0n) is 10.7. The number of hydrogen-bond donors (Lipinski definition) is 0. The summed E-state index contributed by atoms with van der Waals surface area (Å²) in [6.07, 6.45) is 4.99. The molecule has 100 valence electrons. The Labute approximate surface area is 122 Å². The van der Waals surface area contributed by atoms with Crippen molar-refractivity contribution in [3.05, 3.63) is 29.0 Å². The van der Waals surface area contributed by atoms with Gasteiger partial charge in [-0.3, -0.25) is 9.78 Å². The van der Waals surface area contributed by atoms with Crippen molar-refractivity contribution in [1.29, 1.82) is 0 Å². The Balaban J connectivity index is 2.99. The highest BCUT2D eigenvalue weighted by molar-refractivity contribution is 9.09. The number of halogens is 2. The lowest BCUT2D eigenvalue weighted by Gasteiger charge is -2.30. The third-order valence-corrected chi connectivity index (χ3v) is 3.63. The summed E-state index contributed by atoms with van der Waals surface area (Å²) in [7, 11) is 0. The van der Waals surface area contributed by atoms with E-state index in [0.29, 0.717) is 17.1 Å². The maximum absolute atomic E-state index is 12.5. The van der Waals surface area contributed by atoms with E-state index in [0.717, 1.165) is 18.2 Å². The molecule has 0 aliphatic carbocycles. The molecule has 0 radical (unpaired) electrons. The van der Waals surface area contributed by atoms with Gasteiger partial charge in [-0.2, -0.15) is 0 Å². The van der Waals surface area contributed by atoms with Gasteiger partial charge >= 0.3 is 0 Å². The molecule has 0 N–H and O–H groups in total. The van der Waals surface area contributed by atoms with Crippen LogP contribution in [0.15, 0.2) is 18.5 Å². The van der Waals surface area contributed by atoms with Crippen LogP contribution in [0.25, 0.3) is 0 Å². The molecule has 5 heteroatoms. The first-order valence-electron chi connectivity index (χ1n) is 6.12. The van der Waals surface area contributed by atoms with Crippen molar-refractivity contribution in [3.63, 3.8) is 0 Å². The third-order valence-electron chi connectivity index (χ3n) is 2.97. The van der Waals surface area contributed by atoms with E-state index in [4.69, 9.17) is 11.6 Å². The van der Waals surface area contributed by atoms with Gasteiger partial charge in [0.2, 0.25) is 0 Å². The largest absolute Gasteiger partial charge is 0.335 e. The first kappa shape index (κ1) is 15.4. The number of carbonyl (C=O) groups is 1. The second kappa shape index (κ2) is 7.74. The maximum Gasteiger partial charge on any atom is 0.255 e. The monoisotopic (exact) mass is 332 g/mol. The van der Waals surface area contributed by atoms with E-state index in [-0.39, 0.29) is 11.9 Å². The first-order chi connectivity index (χ1) is 8.65. The minimum absolute atomic E-state index is 0.0180. The number of hydrogen-bond acceptors (Lipinski definition) is 2. The van der Waals surface area contributed by atoms with Crippen LogP contribution in [-0.2, 0) is 0 Å². The first-order valence-corrected chi connectivity index (χ1v) is 7.62. The standard InChI is InChI=1S/C13H18BrClN2O/c1-3-10(4-2)17(8-6-14)13(18)11-5-7-16-9-12(11)15/h5,7,9-10H,3-4,6,8H2,1-2H3. The molecule has 0 bridgehead atoms. The van der Waals surface area contributed by atoms with Crippen molar-refractivity contribution in [2.75, 3.05) is 11.9 Å². The zero-order valence-corrected chi connectivity index (χ0v) is 13.0. The molecule has 0 spiro atoms. The SMILES string of the molecule is CCC(CC)N(CCBr)C(=O)c1ccncc1Cl. The topological polar surface area (TPSA) is 33.2 Å². The van der Waals surface area contributed by atoms with E-state index in [9.17, 15) is 4.79 Å². The Morgan fingerprint density at radius 3 is 2.67 bits per heavy atom. The lowest BCUT2D eigenvalue weighted by atomic mass is 10.1. The Kier molecular flexibility index (Phi) is 6.65. The van der Waals surface area contributed by atoms with Crippen LogP contribution in [0.1, 0.15) is 37.0 Å². The quantitative estimate of drug-likeness (QED) is 0.743. The molecule has 0 aliphatic heterocycles. The number of aromatic nitrogens is 1. The molecule has 0 aliphatic rings. The molecule has 0 unspecified atom stereocenters. The van der Waals surface area contributed by atoms with Gasteiger partial charge in [0, 0.05) is 30.3 Å². The zero-order chi connectivity index (χ0) is 13.5. The van der Waals surface area contributed by atoms with E-state index in [1.54, 1.807) is 12.3 Å². The predicted molar refractivity (Wildman–Crippen MR) is 78.4 cm³/mol. The van der Waals surface area contributed by atoms with Crippen LogP contribution in [0.4, 0.5) is 0 Å². The number of amides is 1. The molecule has 1 aromatic rings. The molecule has 3 nitrogen and oxygen atoms in total. The van der Waals surface area contributed by atoms with E-state index in [1.165, 1.54) is 6.20 Å². The maximum atomic E-state index is 12.5. The fourth-order valence-electron chi connectivity index (χ4n) is 1.97. The summed E-state index contributed by atoms with van der Waals surface area (Å²) in [4.78, 5) is 18.3. The van der Waals surface area contributed by atoms with Crippen LogP contribution in [0.2, 0.25) is 5.02 Å². The highest BCUT2D eigenvalue weighted by atomic mass is 79.9. The second-order valence-electron chi connectivity index (χ2n) is 4.01. The molecular formula is C13H18BrClN2O. The molecule has 0 aromatic carbocycles. The number of rotatable bonds is 6. The lowest BCUT2D eigenvalue weighted by Crippen LogP contribution is -2.41. The Hall–Kier alpha value is -0.610. The summed E-state index contributed by atoms with van der Waals surface area (Å²) in [5.74, 6) is -0.0180. The fourth-order valence-corrected chi connectivity index (χ4v) is 2.56. The average Bonchev–Trinajstić information content (AvgIpc) is 2.39. The van der Waals surface area contributed by atoms with Crippen molar-refractivity contribution in [1.82, 2.24) is 9.88 Å². The molecule has 0 saturated heterocycles. The predicted octanol–water partition coefficient (Wildman–Crippen LogP) is 3.76. The van der Waals surface area contributed by atoms with Crippen molar-refractivity contribution < 1.29 is 4.79 Å². The molecule has 0 fully saturated rings. The van der Waals surface area contributed by atoms with E-state index in [2.05, 4.69) is 34.8 Å². The normalized spacial score (nSPS) is 10.7. The summed E-state index contributed by atoms with van der Waals surface area (Å²) in [6.45, 7) is 4.87. The van der Waals surface area contributed by atoms with Crippen molar-refractivity contribution in [2.45, 2.75) is 32.7 Å². The number of pyridine rings is 1.